The molecule has 0 aliphatic rings. The average Bonchev–Trinajstić information content (AvgIpc) is 2.14. The Hall–Kier alpha value is 0.580. The van der Waals surface area contributed by atoms with E-state index in [1.54, 1.807) is 0 Å². The molecule has 0 spiro atoms. The van der Waals surface area contributed by atoms with E-state index in [1.807, 2.05) is 0 Å². The lowest BCUT2D eigenvalue weighted by atomic mass is 9.88. The van der Waals surface area contributed by atoms with Gasteiger partial charge in [-0.3, -0.25) is 0 Å². The van der Waals surface area contributed by atoms with Crippen LogP contribution in [0.1, 0.15) is 79.1 Å². The largest absolute Gasteiger partial charge is 0.123 e. The van der Waals surface area contributed by atoms with Crippen LogP contribution in [0.5, 0.6) is 0 Å². The van der Waals surface area contributed by atoms with Crippen molar-refractivity contribution in [3.8, 4) is 0 Å². The molecular weight excluding hydrogens is 239 g/mol. The average molecular weight is 267 g/mol. The molecule has 0 nitrogen and oxygen atoms in total. The fourth-order valence-corrected chi connectivity index (χ4v) is 1.95. The van der Waals surface area contributed by atoms with E-state index in [0.29, 0.717) is 0 Å². The molecule has 0 heterocycles. The van der Waals surface area contributed by atoms with Crippen molar-refractivity contribution in [1.29, 1.82) is 0 Å². The van der Waals surface area contributed by atoms with Crippen molar-refractivity contribution < 1.29 is 0 Å². The minimum Gasteiger partial charge on any atom is -0.101 e. The highest BCUT2D eigenvalue weighted by Gasteiger charge is 2.37. The van der Waals surface area contributed by atoms with Gasteiger partial charge in [-0.15, -0.1) is 23.2 Å². The van der Waals surface area contributed by atoms with Gasteiger partial charge in [0.15, 0.2) is 0 Å². The second kappa shape index (κ2) is 7.82. The molecule has 0 aromatic heterocycles. The van der Waals surface area contributed by atoms with E-state index in [1.165, 1.54) is 38.5 Å². The smallest absolute Gasteiger partial charge is 0.101 e. The lowest BCUT2D eigenvalue weighted by Crippen LogP contribution is -2.31. The van der Waals surface area contributed by atoms with Crippen molar-refractivity contribution in [1.82, 2.24) is 0 Å². The molecule has 0 amide bonds. The molecule has 0 radical (unpaired) electrons. The van der Waals surface area contributed by atoms with Crippen molar-refractivity contribution in [2.45, 2.75) is 83.4 Å². The standard InChI is InChI=1S/C14H28Cl2/c1-5-6-7-8-9-10-11-12-14(15,16)13(2,3)4/h5-12H2,1-4H3. The van der Waals surface area contributed by atoms with Crippen LogP contribution in [0.4, 0.5) is 0 Å². The van der Waals surface area contributed by atoms with Crippen LogP contribution < -0.4 is 0 Å². The van der Waals surface area contributed by atoms with Crippen LogP contribution in [0, 0.1) is 5.41 Å². The third-order valence-corrected chi connectivity index (χ3v) is 4.70. The van der Waals surface area contributed by atoms with Crippen molar-refractivity contribution in [2.24, 2.45) is 5.41 Å². The van der Waals surface area contributed by atoms with Crippen molar-refractivity contribution >= 4 is 23.2 Å². The Bertz CT molecular complexity index is 168. The summed E-state index contributed by atoms with van der Waals surface area (Å²) >= 11 is 12.7. The summed E-state index contributed by atoms with van der Waals surface area (Å²) in [5.41, 5.74) is -0.0294. The summed E-state index contributed by atoms with van der Waals surface area (Å²) in [6, 6.07) is 0. The maximum atomic E-state index is 6.34. The molecule has 0 fully saturated rings. The molecule has 0 unspecified atom stereocenters. The Labute approximate surface area is 112 Å². The molecule has 0 saturated carbocycles. The summed E-state index contributed by atoms with van der Waals surface area (Å²) in [6.45, 7) is 8.56. The molecule has 16 heavy (non-hydrogen) atoms. The zero-order valence-electron chi connectivity index (χ0n) is 11.4. The maximum absolute atomic E-state index is 6.34. The fourth-order valence-electron chi connectivity index (χ4n) is 1.68. The zero-order valence-corrected chi connectivity index (χ0v) is 12.9. The second-order valence-electron chi connectivity index (χ2n) is 5.83. The zero-order chi connectivity index (χ0) is 12.7. The summed E-state index contributed by atoms with van der Waals surface area (Å²) in [6.07, 6.45) is 10.1. The number of alkyl halides is 2. The minimum absolute atomic E-state index is 0.0294. The van der Waals surface area contributed by atoms with E-state index in [4.69, 9.17) is 23.2 Å². The van der Waals surface area contributed by atoms with Gasteiger partial charge in [-0.25, -0.2) is 0 Å². The molecule has 0 aromatic rings. The lowest BCUT2D eigenvalue weighted by Gasteiger charge is -2.34. The van der Waals surface area contributed by atoms with Gasteiger partial charge >= 0.3 is 0 Å². The summed E-state index contributed by atoms with van der Waals surface area (Å²) in [7, 11) is 0. The van der Waals surface area contributed by atoms with E-state index in [9.17, 15) is 0 Å². The van der Waals surface area contributed by atoms with E-state index < -0.39 is 4.33 Å². The Morgan fingerprint density at radius 3 is 1.62 bits per heavy atom. The van der Waals surface area contributed by atoms with Crippen molar-refractivity contribution in [2.75, 3.05) is 0 Å². The van der Waals surface area contributed by atoms with Gasteiger partial charge in [0.2, 0.25) is 0 Å². The molecule has 0 aliphatic carbocycles. The molecule has 98 valence electrons. The van der Waals surface area contributed by atoms with Gasteiger partial charge in [0, 0.05) is 0 Å². The third-order valence-electron chi connectivity index (χ3n) is 3.19. The van der Waals surface area contributed by atoms with E-state index in [0.717, 1.165) is 12.8 Å². The Morgan fingerprint density at radius 1 is 0.750 bits per heavy atom. The summed E-state index contributed by atoms with van der Waals surface area (Å²) in [5.74, 6) is 0. The first-order valence-electron chi connectivity index (χ1n) is 6.69. The van der Waals surface area contributed by atoms with Crippen molar-refractivity contribution in [3.05, 3.63) is 0 Å². The maximum Gasteiger partial charge on any atom is 0.123 e. The van der Waals surface area contributed by atoms with Crippen LogP contribution >= 0.6 is 23.2 Å². The quantitative estimate of drug-likeness (QED) is 0.355. The number of halogens is 2. The first kappa shape index (κ1) is 16.6. The van der Waals surface area contributed by atoms with E-state index >= 15 is 0 Å². The summed E-state index contributed by atoms with van der Waals surface area (Å²) < 4.78 is -0.573. The first-order chi connectivity index (χ1) is 7.31. The molecule has 2 heteroatoms. The van der Waals surface area contributed by atoms with Crippen LogP contribution in [-0.2, 0) is 0 Å². The van der Waals surface area contributed by atoms with Crippen LogP contribution in [0.3, 0.4) is 0 Å². The molecule has 0 N–H and O–H groups in total. The lowest BCUT2D eigenvalue weighted by molar-refractivity contribution is 0.330. The van der Waals surface area contributed by atoms with Gasteiger partial charge < -0.3 is 0 Å². The number of hydrogen-bond donors (Lipinski definition) is 0. The highest BCUT2D eigenvalue weighted by Crippen LogP contribution is 2.44. The summed E-state index contributed by atoms with van der Waals surface area (Å²) in [4.78, 5) is 0. The van der Waals surface area contributed by atoms with Gasteiger partial charge in [0.25, 0.3) is 0 Å². The van der Waals surface area contributed by atoms with Crippen LogP contribution in [0.25, 0.3) is 0 Å². The number of rotatable bonds is 8. The predicted octanol–water partition coefficient (Wildman–Crippen LogP) is 6.35. The Morgan fingerprint density at radius 2 is 1.19 bits per heavy atom. The highest BCUT2D eigenvalue weighted by molar-refractivity contribution is 6.48. The highest BCUT2D eigenvalue weighted by atomic mass is 35.5. The van der Waals surface area contributed by atoms with Gasteiger partial charge in [0.1, 0.15) is 4.33 Å². The fraction of sp³-hybridized carbons (Fsp3) is 1.00. The minimum atomic E-state index is -0.573. The topological polar surface area (TPSA) is 0 Å². The van der Waals surface area contributed by atoms with Gasteiger partial charge in [-0.1, -0.05) is 72.6 Å². The molecule has 0 rings (SSSR count). The third kappa shape index (κ3) is 7.01. The number of hydrogen-bond acceptors (Lipinski definition) is 0. The number of unbranched alkanes of at least 4 members (excludes halogenated alkanes) is 6. The van der Waals surface area contributed by atoms with Crippen LogP contribution in [0.2, 0.25) is 0 Å². The molecule has 0 aliphatic heterocycles. The van der Waals surface area contributed by atoms with Crippen molar-refractivity contribution in [3.63, 3.8) is 0 Å². The molecule has 0 aromatic carbocycles. The van der Waals surface area contributed by atoms with Gasteiger partial charge in [-0.2, -0.15) is 0 Å². The second-order valence-corrected chi connectivity index (χ2v) is 7.31. The molecule has 0 atom stereocenters. The summed E-state index contributed by atoms with van der Waals surface area (Å²) in [5, 5.41) is 0. The van der Waals surface area contributed by atoms with Crippen LogP contribution in [0.15, 0.2) is 0 Å². The molecular formula is C14H28Cl2. The van der Waals surface area contributed by atoms with E-state index in [2.05, 4.69) is 27.7 Å². The van der Waals surface area contributed by atoms with Gasteiger partial charge in [-0.05, 0) is 11.8 Å². The van der Waals surface area contributed by atoms with E-state index in [-0.39, 0.29) is 5.41 Å². The SMILES string of the molecule is CCCCCCCCCC(Cl)(Cl)C(C)(C)C. The predicted molar refractivity (Wildman–Crippen MR) is 76.5 cm³/mol. The molecule has 0 bridgehead atoms. The van der Waals surface area contributed by atoms with Crippen LogP contribution in [-0.4, -0.2) is 4.33 Å². The Kier molecular flexibility index (Phi) is 8.10. The van der Waals surface area contributed by atoms with Gasteiger partial charge in [0.05, 0.1) is 0 Å². The first-order valence-corrected chi connectivity index (χ1v) is 7.44. The Balaban J connectivity index is 3.51. The monoisotopic (exact) mass is 266 g/mol. The normalized spacial score (nSPS) is 13.1. The molecule has 0 saturated heterocycles.